The molecule has 0 bridgehead atoms. The molecular formula is C28H37B10N3O3. The van der Waals surface area contributed by atoms with Gasteiger partial charge in [0.15, 0.2) is 15.7 Å². The summed E-state index contributed by atoms with van der Waals surface area (Å²) in [5, 5.41) is 3.01. The molecule has 1 amide bonds. The number of amides is 1. The largest absolute Gasteiger partial charge is 0.470 e. The Hall–Kier alpha value is -3.38. The molecule has 0 fully saturated rings. The van der Waals surface area contributed by atoms with Gasteiger partial charge in [-0.05, 0) is 46.1 Å². The van der Waals surface area contributed by atoms with Crippen molar-refractivity contribution in [3.8, 4) is 0 Å². The second-order valence-electron chi connectivity index (χ2n) is 15.0. The molecule has 44 heavy (non-hydrogen) atoms. The lowest BCUT2D eigenvalue weighted by Gasteiger charge is -2.32. The zero-order valence-corrected chi connectivity index (χ0v) is 27.8. The second kappa shape index (κ2) is 12.2. The van der Waals surface area contributed by atoms with E-state index >= 15 is 0 Å². The van der Waals surface area contributed by atoms with Gasteiger partial charge in [0.05, 0.1) is 64.0 Å². The molecule has 6 nitrogen and oxygen atoms in total. The number of rotatable bonds is 9. The summed E-state index contributed by atoms with van der Waals surface area (Å²) in [6, 6.07) is 21.3. The highest BCUT2D eigenvalue weighted by molar-refractivity contribution is 6.60. The zero-order chi connectivity index (χ0) is 32.7. The minimum Gasteiger partial charge on any atom is -0.470 e. The van der Waals surface area contributed by atoms with Crippen molar-refractivity contribution in [1.29, 1.82) is 0 Å². The van der Waals surface area contributed by atoms with E-state index in [1.807, 2.05) is 92.0 Å². The Morgan fingerprint density at radius 1 is 0.750 bits per heavy atom. The summed E-state index contributed by atoms with van der Waals surface area (Å²) in [6.45, 7) is 0. The summed E-state index contributed by atoms with van der Waals surface area (Å²) < 4.78 is 6.15. The molecule has 212 valence electrons. The van der Waals surface area contributed by atoms with Crippen LogP contribution in [-0.4, -0.2) is 101 Å². The van der Waals surface area contributed by atoms with Gasteiger partial charge in [-0.2, -0.15) is 0 Å². The van der Waals surface area contributed by atoms with Gasteiger partial charge < -0.3 is 15.8 Å². The van der Waals surface area contributed by atoms with E-state index in [4.69, 9.17) is 10.5 Å². The van der Waals surface area contributed by atoms with Crippen molar-refractivity contribution in [2.24, 2.45) is 5.73 Å². The van der Waals surface area contributed by atoms with Crippen LogP contribution in [0.4, 0.5) is 5.69 Å². The minimum atomic E-state index is -0.913. The molecule has 0 spiro atoms. The van der Waals surface area contributed by atoms with Crippen molar-refractivity contribution < 1.29 is 14.3 Å². The van der Waals surface area contributed by atoms with Crippen LogP contribution in [0.5, 0.6) is 0 Å². The number of nitrogens with one attached hydrogen (secondary N) is 1. The molecule has 0 radical (unpaired) electrons. The number of hydrogen-bond acceptors (Lipinski definition) is 5. The molecule has 4 rings (SSSR count). The quantitative estimate of drug-likeness (QED) is 0.154. The van der Waals surface area contributed by atoms with Gasteiger partial charge in [-0.3, -0.25) is 9.78 Å². The van der Waals surface area contributed by atoms with E-state index in [1.165, 1.54) is 5.56 Å². The third-order valence-corrected chi connectivity index (χ3v) is 8.11. The molecule has 1 heterocycles. The average molecular weight is 572 g/mol. The lowest BCUT2D eigenvalue weighted by Crippen LogP contribution is -2.51. The average Bonchev–Trinajstić information content (AvgIpc) is 2.91. The van der Waals surface area contributed by atoms with E-state index in [1.54, 1.807) is 12.4 Å². The highest BCUT2D eigenvalue weighted by Crippen LogP contribution is 2.30. The SMILES string of the molecule is BC(B)(B)c1ccc(C(=O)OC(B)(B)c2ccc([C@H](C(=O)Nc3ccc4cnccc4c3)C(B)(B)N)cc2)c(C(B)(B)B)c1. The molecular weight excluding hydrogens is 534 g/mol. The normalized spacial score (nSPS) is 13.2. The summed E-state index contributed by atoms with van der Waals surface area (Å²) >= 11 is 0. The van der Waals surface area contributed by atoms with E-state index < -0.39 is 16.7 Å². The molecule has 4 aromatic rings. The van der Waals surface area contributed by atoms with Crippen molar-refractivity contribution in [2.45, 2.75) is 26.9 Å². The van der Waals surface area contributed by atoms with Crippen LogP contribution in [0.3, 0.4) is 0 Å². The first-order valence-electron chi connectivity index (χ1n) is 15.2. The Kier molecular flexibility index (Phi) is 9.29. The molecule has 0 unspecified atom stereocenters. The number of pyridine rings is 1. The van der Waals surface area contributed by atoms with Gasteiger partial charge in [0.25, 0.3) is 0 Å². The Bertz CT molecular complexity index is 1700. The van der Waals surface area contributed by atoms with Crippen LogP contribution in [0.15, 0.2) is 79.1 Å². The summed E-state index contributed by atoms with van der Waals surface area (Å²) in [7, 11) is 20.3. The number of carbonyl (C=O) groups is 2. The number of esters is 1. The van der Waals surface area contributed by atoms with Gasteiger partial charge >= 0.3 is 5.97 Å². The van der Waals surface area contributed by atoms with E-state index in [0.29, 0.717) is 11.3 Å². The van der Waals surface area contributed by atoms with E-state index in [2.05, 4.69) is 63.4 Å². The number of ether oxygens (including phenoxy) is 1. The highest BCUT2D eigenvalue weighted by atomic mass is 16.5. The van der Waals surface area contributed by atoms with Crippen molar-refractivity contribution in [1.82, 2.24) is 4.98 Å². The summed E-state index contributed by atoms with van der Waals surface area (Å²) in [6.07, 6.45) is 3.52. The van der Waals surface area contributed by atoms with Crippen molar-refractivity contribution in [2.75, 3.05) is 5.32 Å². The van der Waals surface area contributed by atoms with E-state index in [9.17, 15) is 9.59 Å². The predicted molar refractivity (Wildman–Crippen MR) is 209 cm³/mol. The van der Waals surface area contributed by atoms with Crippen LogP contribution in [0, 0.1) is 0 Å². The third-order valence-electron chi connectivity index (χ3n) is 8.11. The number of nitrogens with zero attached hydrogens (tertiary/aromatic N) is 1. The first kappa shape index (κ1) is 33.5. The van der Waals surface area contributed by atoms with E-state index in [-0.39, 0.29) is 22.1 Å². The fourth-order valence-corrected chi connectivity index (χ4v) is 5.53. The second-order valence-corrected chi connectivity index (χ2v) is 15.0. The van der Waals surface area contributed by atoms with Crippen molar-refractivity contribution in [3.63, 3.8) is 0 Å². The summed E-state index contributed by atoms with van der Waals surface area (Å²) in [5.74, 6) is -1.18. The summed E-state index contributed by atoms with van der Waals surface area (Å²) in [4.78, 5) is 31.4. The number of aromatic nitrogens is 1. The Morgan fingerprint density at radius 3 is 1.98 bits per heavy atom. The number of carbonyl (C=O) groups excluding carboxylic acids is 2. The molecule has 1 atom stereocenters. The molecule has 3 aromatic carbocycles. The lowest BCUT2D eigenvalue weighted by molar-refractivity contribution is -0.117. The Labute approximate surface area is 270 Å². The number of benzene rings is 3. The van der Waals surface area contributed by atoms with Crippen molar-refractivity contribution in [3.05, 3.63) is 107 Å². The number of fused-ring (bicyclic) bond motifs is 1. The molecule has 3 N–H and O–H groups in total. The Balaban J connectivity index is 1.57. The lowest BCUT2D eigenvalue weighted by atomic mass is 9.37. The maximum Gasteiger partial charge on any atom is 0.337 e. The molecule has 0 saturated heterocycles. The van der Waals surface area contributed by atoms with Gasteiger partial charge in [0, 0.05) is 23.5 Å². The van der Waals surface area contributed by atoms with Crippen LogP contribution < -0.4 is 11.1 Å². The van der Waals surface area contributed by atoms with Crippen LogP contribution in [0.1, 0.15) is 38.5 Å². The fraction of sp³-hybridized carbons (Fsp3) is 0.179. The molecule has 0 aliphatic heterocycles. The minimum absolute atomic E-state index is 0.0382. The highest BCUT2D eigenvalue weighted by Gasteiger charge is 2.35. The molecule has 0 saturated carbocycles. The van der Waals surface area contributed by atoms with Gasteiger partial charge in [0.2, 0.25) is 5.91 Å². The van der Waals surface area contributed by atoms with Gasteiger partial charge in [0.1, 0.15) is 15.7 Å². The van der Waals surface area contributed by atoms with Gasteiger partial charge in [-0.15, -0.1) is 0 Å². The Morgan fingerprint density at radius 2 is 1.39 bits per heavy atom. The monoisotopic (exact) mass is 573 g/mol. The van der Waals surface area contributed by atoms with Crippen molar-refractivity contribution >= 4 is 107 Å². The molecule has 0 aliphatic rings. The van der Waals surface area contributed by atoms with E-state index in [0.717, 1.165) is 27.5 Å². The number of hydrogen-bond donors (Lipinski definition) is 2. The van der Waals surface area contributed by atoms with Crippen LogP contribution >= 0.6 is 0 Å². The number of anilines is 1. The number of nitrogens with two attached hydrogens (primary N) is 1. The third kappa shape index (κ3) is 7.63. The molecule has 16 heteroatoms. The van der Waals surface area contributed by atoms with Gasteiger partial charge in [-0.1, -0.05) is 63.8 Å². The predicted octanol–water partition coefficient (Wildman–Crippen LogP) is -5.91. The summed E-state index contributed by atoms with van der Waals surface area (Å²) in [5.41, 5.74) is 11.5. The first-order valence-corrected chi connectivity index (χ1v) is 15.2. The maximum atomic E-state index is 13.6. The first-order chi connectivity index (χ1) is 20.3. The smallest absolute Gasteiger partial charge is 0.337 e. The molecule has 0 aliphatic carbocycles. The standard InChI is InChI=1S/C28H37B10N3O3/c29-25(30,31)18-6-8-20(21(12-18)26(32,33)34)24(43)44-28(37,38)17-4-1-14(2-5-17)22(27(35,36)39)23(42)41-19-7-3-16-13-40-10-9-15(16)11-19/h1-13,22H,29-39H2,(H,41,42)/t22-/m1/s1. The maximum absolute atomic E-state index is 13.6. The van der Waals surface area contributed by atoms with Crippen LogP contribution in [0.25, 0.3) is 10.8 Å². The zero-order valence-electron chi connectivity index (χ0n) is 27.8. The van der Waals surface area contributed by atoms with Gasteiger partial charge in [-0.25, -0.2) is 4.79 Å². The molecule has 1 aromatic heterocycles. The fourth-order valence-electron chi connectivity index (χ4n) is 5.53. The topological polar surface area (TPSA) is 94.3 Å². The van der Waals surface area contributed by atoms with Crippen LogP contribution in [0.2, 0.25) is 0 Å². The van der Waals surface area contributed by atoms with Crippen LogP contribution in [-0.2, 0) is 25.2 Å².